The second-order valence-corrected chi connectivity index (χ2v) is 8.51. The first kappa shape index (κ1) is 20.4. The number of nitrogens with zero attached hydrogens (tertiary/aromatic N) is 3. The van der Waals surface area contributed by atoms with E-state index >= 15 is 0 Å². The lowest BCUT2D eigenvalue weighted by atomic mass is 9.78. The van der Waals surface area contributed by atoms with Gasteiger partial charge in [-0.15, -0.1) is 0 Å². The molecule has 1 aromatic heterocycles. The van der Waals surface area contributed by atoms with Crippen LogP contribution in [-0.2, 0) is 11.0 Å². The van der Waals surface area contributed by atoms with E-state index in [1.807, 2.05) is 4.90 Å². The third-order valence-corrected chi connectivity index (χ3v) is 6.71. The summed E-state index contributed by atoms with van der Waals surface area (Å²) in [5, 5.41) is 9.71. The molecule has 0 aromatic carbocycles. The molecule has 1 amide bonds. The quantitative estimate of drug-likeness (QED) is 0.753. The fourth-order valence-corrected chi connectivity index (χ4v) is 5.13. The Kier molecular flexibility index (Phi) is 5.21. The first-order valence-electron chi connectivity index (χ1n) is 10.2. The topological polar surface area (TPSA) is 56.7 Å². The van der Waals surface area contributed by atoms with Crippen molar-refractivity contribution in [2.75, 3.05) is 24.5 Å². The van der Waals surface area contributed by atoms with Gasteiger partial charge in [-0.1, -0.05) is 0 Å². The molecule has 1 saturated carbocycles. The van der Waals surface area contributed by atoms with Crippen molar-refractivity contribution in [2.45, 2.75) is 63.3 Å². The minimum absolute atomic E-state index is 0.0102. The number of aliphatic hydroxyl groups excluding tert-OH is 1. The molecule has 1 N–H and O–H groups in total. The van der Waals surface area contributed by atoms with Gasteiger partial charge in [0.1, 0.15) is 0 Å². The molecule has 1 spiro atoms. The summed E-state index contributed by atoms with van der Waals surface area (Å²) < 4.78 is 53.8. The molecule has 5 nitrogen and oxygen atoms in total. The molecule has 3 fully saturated rings. The second-order valence-electron chi connectivity index (χ2n) is 8.51. The highest BCUT2D eigenvalue weighted by Gasteiger charge is 2.51. The lowest BCUT2D eigenvalue weighted by Gasteiger charge is -2.41. The largest absolute Gasteiger partial charge is 0.419 e. The van der Waals surface area contributed by atoms with Crippen molar-refractivity contribution in [3.05, 3.63) is 23.6 Å². The zero-order chi connectivity index (χ0) is 20.8. The van der Waals surface area contributed by atoms with Crippen LogP contribution >= 0.6 is 0 Å². The Balaban J connectivity index is 1.54. The van der Waals surface area contributed by atoms with Crippen molar-refractivity contribution in [2.24, 2.45) is 5.41 Å². The van der Waals surface area contributed by atoms with Crippen LogP contribution in [0, 0.1) is 11.2 Å². The van der Waals surface area contributed by atoms with E-state index in [1.165, 1.54) is 4.90 Å². The van der Waals surface area contributed by atoms with E-state index in [9.17, 15) is 27.5 Å². The van der Waals surface area contributed by atoms with Gasteiger partial charge in [0.25, 0.3) is 0 Å². The number of likely N-dealkylation sites (tertiary alicyclic amines) is 1. The smallest absolute Gasteiger partial charge is 0.393 e. The van der Waals surface area contributed by atoms with Crippen LogP contribution in [0.15, 0.2) is 12.3 Å². The van der Waals surface area contributed by atoms with Crippen molar-refractivity contribution >= 4 is 11.7 Å². The summed E-state index contributed by atoms with van der Waals surface area (Å²) in [7, 11) is 0. The number of hydrogen-bond donors (Lipinski definition) is 1. The molecular formula is C20H25F4N3O2. The predicted molar refractivity (Wildman–Crippen MR) is 97.7 cm³/mol. The minimum Gasteiger partial charge on any atom is -0.393 e. The summed E-state index contributed by atoms with van der Waals surface area (Å²) in [6.07, 6.45) is 0.599. The second kappa shape index (κ2) is 7.41. The summed E-state index contributed by atoms with van der Waals surface area (Å²) in [5.74, 6) is -1.69. The third-order valence-electron chi connectivity index (χ3n) is 6.71. The van der Waals surface area contributed by atoms with Gasteiger partial charge in [-0.25, -0.2) is 9.37 Å². The Morgan fingerprint density at radius 1 is 1.14 bits per heavy atom. The highest BCUT2D eigenvalue weighted by atomic mass is 19.4. The number of carbonyl (C=O) groups is 1. The van der Waals surface area contributed by atoms with Gasteiger partial charge in [0, 0.05) is 31.9 Å². The number of pyridine rings is 1. The monoisotopic (exact) mass is 415 g/mol. The Morgan fingerprint density at radius 2 is 1.86 bits per heavy atom. The summed E-state index contributed by atoms with van der Waals surface area (Å²) in [4.78, 5) is 20.5. The van der Waals surface area contributed by atoms with E-state index in [4.69, 9.17) is 0 Å². The number of hydrogen-bond acceptors (Lipinski definition) is 4. The van der Waals surface area contributed by atoms with E-state index < -0.39 is 23.0 Å². The van der Waals surface area contributed by atoms with Gasteiger partial charge in [0.2, 0.25) is 5.91 Å². The zero-order valence-corrected chi connectivity index (χ0v) is 16.1. The highest BCUT2D eigenvalue weighted by Crippen LogP contribution is 2.44. The van der Waals surface area contributed by atoms with E-state index in [0.717, 1.165) is 19.0 Å². The van der Waals surface area contributed by atoms with Crippen LogP contribution in [-0.4, -0.2) is 52.7 Å². The molecule has 1 aliphatic carbocycles. The predicted octanol–water partition coefficient (Wildman–Crippen LogP) is 3.36. The van der Waals surface area contributed by atoms with Gasteiger partial charge in [-0.3, -0.25) is 4.79 Å². The number of carbonyl (C=O) groups excluding carboxylic acids is 1. The van der Waals surface area contributed by atoms with Gasteiger partial charge in [0.05, 0.1) is 17.1 Å². The minimum atomic E-state index is -4.79. The number of piperidine rings is 1. The SMILES string of the molecule is O=C1N(C2CCC(O)CC2)CCC12CCCN(c1nccc(C(F)(F)F)c1F)C2. The number of rotatable bonds is 2. The number of aromatic nitrogens is 1. The van der Waals surface area contributed by atoms with Gasteiger partial charge in [0.15, 0.2) is 11.6 Å². The van der Waals surface area contributed by atoms with Crippen molar-refractivity contribution in [1.82, 2.24) is 9.88 Å². The average Bonchev–Trinajstić information content (AvgIpc) is 2.98. The normalized spacial score (nSPS) is 31.0. The molecule has 3 heterocycles. The lowest BCUT2D eigenvalue weighted by Crippen LogP contribution is -2.50. The Labute approximate surface area is 166 Å². The zero-order valence-electron chi connectivity index (χ0n) is 16.1. The molecule has 29 heavy (non-hydrogen) atoms. The average molecular weight is 415 g/mol. The van der Waals surface area contributed by atoms with E-state index in [0.29, 0.717) is 51.3 Å². The number of amides is 1. The van der Waals surface area contributed by atoms with Crippen LogP contribution in [0.3, 0.4) is 0 Å². The van der Waals surface area contributed by atoms with Gasteiger partial charge < -0.3 is 14.9 Å². The standard InChI is InChI=1S/C20H25F4N3O2/c21-16-15(20(22,23)24)6-9-25-17(16)26-10-1-7-19(12-26)8-11-27(18(19)29)13-2-4-14(28)5-3-13/h6,9,13-14,28H,1-5,7-8,10-12H2. The summed E-state index contributed by atoms with van der Waals surface area (Å²) >= 11 is 0. The van der Waals surface area contributed by atoms with Crippen molar-refractivity contribution in [3.63, 3.8) is 0 Å². The van der Waals surface area contributed by atoms with Crippen molar-refractivity contribution < 1.29 is 27.5 Å². The molecule has 0 radical (unpaired) electrons. The highest BCUT2D eigenvalue weighted by molar-refractivity contribution is 5.86. The molecule has 2 saturated heterocycles. The van der Waals surface area contributed by atoms with Crippen LogP contribution in [0.5, 0.6) is 0 Å². The number of aliphatic hydroxyl groups is 1. The van der Waals surface area contributed by atoms with Crippen molar-refractivity contribution in [1.29, 1.82) is 0 Å². The van der Waals surface area contributed by atoms with Crippen LogP contribution in [0.1, 0.15) is 50.5 Å². The number of anilines is 1. The molecule has 9 heteroatoms. The van der Waals surface area contributed by atoms with E-state index in [2.05, 4.69) is 4.98 Å². The summed E-state index contributed by atoms with van der Waals surface area (Å²) in [6.45, 7) is 1.16. The Bertz CT molecular complexity index is 779. The number of halogens is 4. The molecule has 2 aliphatic heterocycles. The first-order valence-corrected chi connectivity index (χ1v) is 10.2. The Hall–Kier alpha value is -1.90. The maximum atomic E-state index is 14.6. The lowest BCUT2D eigenvalue weighted by molar-refractivity contribution is -0.140. The molecule has 0 bridgehead atoms. The first-order chi connectivity index (χ1) is 13.7. The van der Waals surface area contributed by atoms with Crippen LogP contribution < -0.4 is 4.90 Å². The van der Waals surface area contributed by atoms with Crippen LogP contribution in [0.4, 0.5) is 23.4 Å². The number of alkyl halides is 3. The molecule has 3 aliphatic rings. The molecule has 4 rings (SSSR count). The molecule has 160 valence electrons. The Morgan fingerprint density at radius 3 is 2.55 bits per heavy atom. The maximum Gasteiger partial charge on any atom is 0.419 e. The van der Waals surface area contributed by atoms with E-state index in [1.54, 1.807) is 0 Å². The summed E-state index contributed by atoms with van der Waals surface area (Å²) in [5.41, 5.74) is -2.03. The van der Waals surface area contributed by atoms with Crippen LogP contribution in [0.2, 0.25) is 0 Å². The summed E-state index contributed by atoms with van der Waals surface area (Å²) in [6, 6.07) is 0.738. The fraction of sp³-hybridized carbons (Fsp3) is 0.700. The van der Waals surface area contributed by atoms with Crippen molar-refractivity contribution in [3.8, 4) is 0 Å². The fourth-order valence-electron chi connectivity index (χ4n) is 5.13. The molecule has 1 atom stereocenters. The van der Waals surface area contributed by atoms with Gasteiger partial charge in [-0.05, 0) is 51.0 Å². The van der Waals surface area contributed by atoms with Gasteiger partial charge in [-0.2, -0.15) is 13.2 Å². The maximum absolute atomic E-state index is 14.6. The molecule has 1 aromatic rings. The molecular weight excluding hydrogens is 390 g/mol. The molecule has 1 unspecified atom stereocenters. The third kappa shape index (κ3) is 3.69. The van der Waals surface area contributed by atoms with Crippen LogP contribution in [0.25, 0.3) is 0 Å². The van der Waals surface area contributed by atoms with E-state index in [-0.39, 0.29) is 30.4 Å². The van der Waals surface area contributed by atoms with Gasteiger partial charge >= 0.3 is 6.18 Å².